The molecule has 78 valence electrons. The Morgan fingerprint density at radius 2 is 1.86 bits per heavy atom. The summed E-state index contributed by atoms with van der Waals surface area (Å²) in [6, 6.07) is 8.21. The molecule has 0 spiro atoms. The molecule has 0 aromatic heterocycles. The molecule has 0 heterocycles. The zero-order valence-electron chi connectivity index (χ0n) is 9.05. The first-order chi connectivity index (χ1) is 6.61. The molecule has 0 radical (unpaired) electrons. The molecule has 0 aliphatic rings. The molecule has 14 heavy (non-hydrogen) atoms. The van der Waals surface area contributed by atoms with E-state index in [4.69, 9.17) is 11.6 Å². The van der Waals surface area contributed by atoms with Gasteiger partial charge in [-0.1, -0.05) is 32.0 Å². The van der Waals surface area contributed by atoms with E-state index < -0.39 is 0 Å². The minimum Gasteiger partial charge on any atom is -0.385 e. The van der Waals surface area contributed by atoms with Crippen LogP contribution in [-0.4, -0.2) is 6.54 Å². The van der Waals surface area contributed by atoms with Gasteiger partial charge >= 0.3 is 0 Å². The van der Waals surface area contributed by atoms with Crippen LogP contribution in [-0.2, 0) is 0 Å². The summed E-state index contributed by atoms with van der Waals surface area (Å²) in [4.78, 5) is 0. The number of benzene rings is 1. The van der Waals surface area contributed by atoms with Crippen molar-refractivity contribution in [3.05, 3.63) is 29.8 Å². The Bertz CT molecular complexity index is 281. The van der Waals surface area contributed by atoms with Crippen LogP contribution < -0.4 is 5.32 Å². The van der Waals surface area contributed by atoms with E-state index in [1.54, 1.807) is 0 Å². The van der Waals surface area contributed by atoms with Gasteiger partial charge in [0.2, 0.25) is 0 Å². The highest BCUT2D eigenvalue weighted by Gasteiger charge is 2.06. The molecule has 0 amide bonds. The van der Waals surface area contributed by atoms with Gasteiger partial charge in [-0.3, -0.25) is 0 Å². The Labute approximate surface area is 91.5 Å². The van der Waals surface area contributed by atoms with Crippen LogP contribution in [0.5, 0.6) is 0 Å². The van der Waals surface area contributed by atoms with E-state index in [1.807, 2.05) is 19.1 Å². The molecule has 1 nitrogen and oxygen atoms in total. The van der Waals surface area contributed by atoms with Gasteiger partial charge in [-0.25, -0.2) is 0 Å². The number of anilines is 1. The van der Waals surface area contributed by atoms with Gasteiger partial charge in [-0.15, -0.1) is 11.6 Å². The number of alkyl halides is 1. The minimum absolute atomic E-state index is 0.0610. The van der Waals surface area contributed by atoms with E-state index in [9.17, 15) is 0 Å². The van der Waals surface area contributed by atoms with E-state index >= 15 is 0 Å². The maximum atomic E-state index is 6.08. The predicted molar refractivity (Wildman–Crippen MR) is 64.0 cm³/mol. The molecule has 0 saturated carbocycles. The standard InChI is InChI=1S/C12H18ClN/c1-9(2)8-14-12-7-5-4-6-11(12)10(3)13/h4-7,9-10,14H,8H2,1-3H3. The number of hydrogen-bond acceptors (Lipinski definition) is 1. The SMILES string of the molecule is CC(C)CNc1ccccc1C(C)Cl. The average molecular weight is 212 g/mol. The van der Waals surface area contributed by atoms with Crippen LogP contribution in [0.2, 0.25) is 0 Å². The average Bonchev–Trinajstić information content (AvgIpc) is 2.15. The fraction of sp³-hybridized carbons (Fsp3) is 0.500. The monoisotopic (exact) mass is 211 g/mol. The van der Waals surface area contributed by atoms with Gasteiger partial charge < -0.3 is 5.32 Å². The molecule has 0 aliphatic heterocycles. The number of para-hydroxylation sites is 1. The summed E-state index contributed by atoms with van der Waals surface area (Å²) >= 11 is 6.08. The first-order valence-corrected chi connectivity index (χ1v) is 5.51. The normalized spacial score (nSPS) is 12.9. The third-order valence-electron chi connectivity index (χ3n) is 2.09. The van der Waals surface area contributed by atoms with E-state index in [0.29, 0.717) is 5.92 Å². The second-order valence-corrected chi connectivity index (χ2v) is 4.63. The lowest BCUT2D eigenvalue weighted by atomic mass is 10.1. The smallest absolute Gasteiger partial charge is 0.0577 e. The molecule has 1 rings (SSSR count). The van der Waals surface area contributed by atoms with Gasteiger partial charge in [0.05, 0.1) is 5.38 Å². The van der Waals surface area contributed by atoms with Crippen molar-refractivity contribution in [3.63, 3.8) is 0 Å². The number of nitrogens with one attached hydrogen (secondary N) is 1. The molecule has 1 aromatic rings. The quantitative estimate of drug-likeness (QED) is 0.741. The molecule has 1 atom stereocenters. The van der Waals surface area contributed by atoms with Crippen LogP contribution >= 0.6 is 11.6 Å². The molecule has 0 bridgehead atoms. The Morgan fingerprint density at radius 3 is 2.43 bits per heavy atom. The summed E-state index contributed by atoms with van der Waals surface area (Å²) in [7, 11) is 0. The second kappa shape index (κ2) is 5.26. The lowest BCUT2D eigenvalue weighted by Crippen LogP contribution is -2.09. The number of hydrogen-bond donors (Lipinski definition) is 1. The molecular weight excluding hydrogens is 194 g/mol. The highest BCUT2D eigenvalue weighted by Crippen LogP contribution is 2.26. The molecular formula is C12H18ClN. The summed E-state index contributed by atoms with van der Waals surface area (Å²) in [5, 5.41) is 3.47. The highest BCUT2D eigenvalue weighted by atomic mass is 35.5. The summed E-state index contributed by atoms with van der Waals surface area (Å²) in [5.41, 5.74) is 2.33. The van der Waals surface area contributed by atoms with E-state index in [1.165, 1.54) is 5.56 Å². The number of rotatable bonds is 4. The Balaban J connectivity index is 2.74. The molecule has 1 aromatic carbocycles. The fourth-order valence-electron chi connectivity index (χ4n) is 1.32. The maximum absolute atomic E-state index is 6.08. The third-order valence-corrected chi connectivity index (χ3v) is 2.33. The van der Waals surface area contributed by atoms with Gasteiger partial charge in [0.1, 0.15) is 0 Å². The van der Waals surface area contributed by atoms with E-state index in [-0.39, 0.29) is 5.38 Å². The minimum atomic E-state index is 0.0610. The van der Waals surface area contributed by atoms with Crippen molar-refractivity contribution >= 4 is 17.3 Å². The van der Waals surface area contributed by atoms with Crippen molar-refractivity contribution < 1.29 is 0 Å². The predicted octanol–water partition coefficient (Wildman–Crippen LogP) is 4.05. The van der Waals surface area contributed by atoms with Gasteiger partial charge in [-0.2, -0.15) is 0 Å². The first kappa shape index (κ1) is 11.4. The molecule has 0 saturated heterocycles. The van der Waals surface area contributed by atoms with Crippen molar-refractivity contribution in [1.82, 2.24) is 0 Å². The Morgan fingerprint density at radius 1 is 1.21 bits per heavy atom. The zero-order valence-corrected chi connectivity index (χ0v) is 9.81. The van der Waals surface area contributed by atoms with Crippen molar-refractivity contribution in [2.24, 2.45) is 5.92 Å². The summed E-state index contributed by atoms with van der Waals surface area (Å²) in [5.74, 6) is 0.647. The maximum Gasteiger partial charge on any atom is 0.0577 e. The van der Waals surface area contributed by atoms with Crippen LogP contribution in [0.25, 0.3) is 0 Å². The Hall–Kier alpha value is -0.690. The van der Waals surface area contributed by atoms with Crippen LogP contribution in [0.15, 0.2) is 24.3 Å². The Kier molecular flexibility index (Phi) is 4.27. The van der Waals surface area contributed by atoms with Crippen LogP contribution in [0, 0.1) is 5.92 Å². The number of halogens is 1. The largest absolute Gasteiger partial charge is 0.385 e. The molecule has 1 unspecified atom stereocenters. The fourth-order valence-corrected chi connectivity index (χ4v) is 1.51. The van der Waals surface area contributed by atoms with Crippen molar-refractivity contribution in [2.75, 3.05) is 11.9 Å². The lowest BCUT2D eigenvalue weighted by molar-refractivity contribution is 0.688. The molecule has 0 aliphatic carbocycles. The summed E-state index contributed by atoms with van der Waals surface area (Å²) in [6.45, 7) is 7.37. The van der Waals surface area contributed by atoms with Crippen LogP contribution in [0.1, 0.15) is 31.7 Å². The van der Waals surface area contributed by atoms with Gasteiger partial charge in [0, 0.05) is 12.2 Å². The summed E-state index contributed by atoms with van der Waals surface area (Å²) < 4.78 is 0. The van der Waals surface area contributed by atoms with Crippen LogP contribution in [0.4, 0.5) is 5.69 Å². The second-order valence-electron chi connectivity index (χ2n) is 3.98. The van der Waals surface area contributed by atoms with Gasteiger partial charge in [0.15, 0.2) is 0 Å². The highest BCUT2D eigenvalue weighted by molar-refractivity contribution is 6.21. The van der Waals surface area contributed by atoms with Crippen molar-refractivity contribution in [2.45, 2.75) is 26.1 Å². The topological polar surface area (TPSA) is 12.0 Å². The van der Waals surface area contributed by atoms with Crippen molar-refractivity contribution in [1.29, 1.82) is 0 Å². The zero-order chi connectivity index (χ0) is 10.6. The van der Waals surface area contributed by atoms with Crippen LogP contribution in [0.3, 0.4) is 0 Å². The van der Waals surface area contributed by atoms with Gasteiger partial charge in [-0.05, 0) is 24.5 Å². The lowest BCUT2D eigenvalue weighted by Gasteiger charge is -2.14. The molecule has 1 N–H and O–H groups in total. The van der Waals surface area contributed by atoms with Gasteiger partial charge in [0.25, 0.3) is 0 Å². The summed E-state index contributed by atoms with van der Waals surface area (Å²) in [6.07, 6.45) is 0. The molecule has 2 heteroatoms. The molecule has 0 fully saturated rings. The first-order valence-electron chi connectivity index (χ1n) is 5.08. The third kappa shape index (κ3) is 3.22. The van der Waals surface area contributed by atoms with E-state index in [0.717, 1.165) is 12.2 Å². The van der Waals surface area contributed by atoms with Crippen molar-refractivity contribution in [3.8, 4) is 0 Å². The van der Waals surface area contributed by atoms with E-state index in [2.05, 4.69) is 31.3 Å².